The smallest absolute Gasteiger partial charge is 0.190 e. The highest BCUT2D eigenvalue weighted by Gasteiger charge is 2.04. The van der Waals surface area contributed by atoms with Crippen LogP contribution in [0.1, 0.15) is 5.69 Å². The summed E-state index contributed by atoms with van der Waals surface area (Å²) in [6.07, 6.45) is 3.09. The topological polar surface area (TPSA) is 84.4 Å². The lowest BCUT2D eigenvalue weighted by Gasteiger charge is -2.03. The monoisotopic (exact) mass is 296 g/mol. The number of hydrogen-bond acceptors (Lipinski definition) is 5. The molecule has 0 aliphatic carbocycles. The first-order valence-electron chi connectivity index (χ1n) is 6.23. The molecule has 6 heteroatoms. The van der Waals surface area contributed by atoms with E-state index in [9.17, 15) is 0 Å². The molecule has 0 unspecified atom stereocenters. The predicted octanol–water partition coefficient (Wildman–Crippen LogP) is 2.88. The van der Waals surface area contributed by atoms with Gasteiger partial charge in [-0.15, -0.1) is 0 Å². The first-order chi connectivity index (χ1) is 10.3. The molecule has 1 heterocycles. The van der Waals surface area contributed by atoms with Crippen molar-refractivity contribution in [1.29, 1.82) is 0 Å². The van der Waals surface area contributed by atoms with Crippen LogP contribution >= 0.6 is 11.8 Å². The van der Waals surface area contributed by atoms with Crippen LogP contribution in [0.2, 0.25) is 0 Å². The first-order valence-corrected chi connectivity index (χ1v) is 7.04. The molecule has 0 saturated carbocycles. The standard InChI is InChI=1S/C15H12N4OS/c16-15(19-20)13-8-18-14(9-17-13)21-12-6-5-10-3-1-2-4-11(10)7-12/h1-9,20H,(H2,16,19). The summed E-state index contributed by atoms with van der Waals surface area (Å²) in [6, 6.07) is 14.4. The molecule has 0 aliphatic rings. The van der Waals surface area contributed by atoms with Gasteiger partial charge in [-0.1, -0.05) is 47.2 Å². The second-order valence-electron chi connectivity index (χ2n) is 4.34. The summed E-state index contributed by atoms with van der Waals surface area (Å²) in [5.74, 6) is -0.0512. The molecule has 2 aromatic carbocycles. The second kappa shape index (κ2) is 5.80. The number of nitrogens with zero attached hydrogens (tertiary/aromatic N) is 3. The molecule has 0 radical (unpaired) electrons. The Morgan fingerprint density at radius 3 is 2.57 bits per heavy atom. The van der Waals surface area contributed by atoms with Crippen molar-refractivity contribution in [1.82, 2.24) is 9.97 Å². The zero-order chi connectivity index (χ0) is 14.7. The highest BCUT2D eigenvalue weighted by molar-refractivity contribution is 7.99. The van der Waals surface area contributed by atoms with Gasteiger partial charge in [-0.2, -0.15) is 0 Å². The van der Waals surface area contributed by atoms with E-state index in [0.717, 1.165) is 9.92 Å². The molecule has 0 saturated heterocycles. The summed E-state index contributed by atoms with van der Waals surface area (Å²) in [5.41, 5.74) is 5.80. The molecular formula is C15H12N4OS. The summed E-state index contributed by atoms with van der Waals surface area (Å²) in [5, 5.41) is 14.6. The fourth-order valence-corrected chi connectivity index (χ4v) is 2.68. The summed E-state index contributed by atoms with van der Waals surface area (Å²) < 4.78 is 0. The first kappa shape index (κ1) is 13.4. The van der Waals surface area contributed by atoms with E-state index >= 15 is 0 Å². The Balaban J connectivity index is 1.84. The van der Waals surface area contributed by atoms with Crippen molar-refractivity contribution in [3.8, 4) is 0 Å². The lowest BCUT2D eigenvalue weighted by molar-refractivity contribution is 0.318. The van der Waals surface area contributed by atoms with E-state index in [0.29, 0.717) is 5.69 Å². The number of benzene rings is 2. The highest BCUT2D eigenvalue weighted by Crippen LogP contribution is 2.28. The van der Waals surface area contributed by atoms with Gasteiger partial charge < -0.3 is 10.9 Å². The van der Waals surface area contributed by atoms with E-state index in [1.807, 2.05) is 18.2 Å². The molecule has 0 fully saturated rings. The molecule has 3 rings (SSSR count). The maximum atomic E-state index is 8.58. The van der Waals surface area contributed by atoms with Crippen molar-refractivity contribution >= 4 is 28.4 Å². The van der Waals surface area contributed by atoms with Crippen LogP contribution < -0.4 is 5.73 Å². The number of fused-ring (bicyclic) bond motifs is 1. The van der Waals surface area contributed by atoms with Crippen molar-refractivity contribution in [3.05, 3.63) is 60.6 Å². The van der Waals surface area contributed by atoms with Crippen molar-refractivity contribution < 1.29 is 5.21 Å². The normalized spacial score (nSPS) is 11.7. The molecule has 0 atom stereocenters. The van der Waals surface area contributed by atoms with Crippen molar-refractivity contribution in [2.75, 3.05) is 0 Å². The number of hydrogen-bond donors (Lipinski definition) is 2. The van der Waals surface area contributed by atoms with Gasteiger partial charge in [0.2, 0.25) is 0 Å². The minimum absolute atomic E-state index is 0.0512. The SMILES string of the molecule is NC(=NO)c1cnc(Sc2ccc3ccccc3c2)cn1. The molecule has 3 aromatic rings. The molecule has 5 nitrogen and oxygen atoms in total. The lowest BCUT2D eigenvalue weighted by atomic mass is 10.1. The van der Waals surface area contributed by atoms with Gasteiger partial charge >= 0.3 is 0 Å². The van der Waals surface area contributed by atoms with Gasteiger partial charge in [0.05, 0.1) is 12.4 Å². The van der Waals surface area contributed by atoms with E-state index in [4.69, 9.17) is 10.9 Å². The maximum absolute atomic E-state index is 8.58. The Morgan fingerprint density at radius 2 is 1.86 bits per heavy atom. The Bertz CT molecular complexity index is 802. The van der Waals surface area contributed by atoms with Crippen molar-refractivity contribution in [2.45, 2.75) is 9.92 Å². The third kappa shape index (κ3) is 2.95. The van der Waals surface area contributed by atoms with Gasteiger partial charge in [-0.25, -0.2) is 9.97 Å². The summed E-state index contributed by atoms with van der Waals surface area (Å²) >= 11 is 1.51. The zero-order valence-corrected chi connectivity index (χ0v) is 11.8. The quantitative estimate of drug-likeness (QED) is 0.336. The van der Waals surface area contributed by atoms with Crippen LogP contribution in [0.25, 0.3) is 10.8 Å². The predicted molar refractivity (Wildman–Crippen MR) is 82.6 cm³/mol. The molecule has 0 amide bonds. The molecule has 0 bridgehead atoms. The fourth-order valence-electron chi connectivity index (χ4n) is 1.90. The minimum atomic E-state index is -0.0512. The van der Waals surface area contributed by atoms with Gasteiger partial charge in [-0.05, 0) is 22.9 Å². The summed E-state index contributed by atoms with van der Waals surface area (Å²) in [6.45, 7) is 0. The molecule has 0 aliphatic heterocycles. The van der Waals surface area contributed by atoms with E-state index in [2.05, 4.69) is 39.4 Å². The van der Waals surface area contributed by atoms with E-state index in [-0.39, 0.29) is 5.84 Å². The highest BCUT2D eigenvalue weighted by atomic mass is 32.2. The van der Waals surface area contributed by atoms with Gasteiger partial charge in [0.15, 0.2) is 5.84 Å². The average Bonchev–Trinajstić information content (AvgIpc) is 2.55. The van der Waals surface area contributed by atoms with Gasteiger partial charge in [0.1, 0.15) is 10.7 Å². The van der Waals surface area contributed by atoms with Crippen molar-refractivity contribution in [3.63, 3.8) is 0 Å². The molecule has 21 heavy (non-hydrogen) atoms. The number of nitrogens with two attached hydrogens (primary N) is 1. The summed E-state index contributed by atoms with van der Waals surface area (Å²) in [4.78, 5) is 9.44. The van der Waals surface area contributed by atoms with Gasteiger partial charge in [-0.3, -0.25) is 0 Å². The van der Waals surface area contributed by atoms with E-state index in [1.165, 1.54) is 28.7 Å². The fraction of sp³-hybridized carbons (Fsp3) is 0. The van der Waals surface area contributed by atoms with Crippen molar-refractivity contribution in [2.24, 2.45) is 10.9 Å². The van der Waals surface area contributed by atoms with Crippen LogP contribution in [0.3, 0.4) is 0 Å². The van der Waals surface area contributed by atoms with Crippen LogP contribution in [0, 0.1) is 0 Å². The molecule has 3 N–H and O–H groups in total. The van der Waals surface area contributed by atoms with Crippen LogP contribution in [-0.2, 0) is 0 Å². The second-order valence-corrected chi connectivity index (χ2v) is 5.43. The average molecular weight is 296 g/mol. The Morgan fingerprint density at radius 1 is 1.05 bits per heavy atom. The largest absolute Gasteiger partial charge is 0.409 e. The Hall–Kier alpha value is -2.60. The molecule has 104 valence electrons. The molecular weight excluding hydrogens is 284 g/mol. The van der Waals surface area contributed by atoms with Crippen LogP contribution in [0.4, 0.5) is 0 Å². The minimum Gasteiger partial charge on any atom is -0.409 e. The molecule has 1 aromatic heterocycles. The maximum Gasteiger partial charge on any atom is 0.190 e. The number of oxime groups is 1. The van der Waals surface area contributed by atoms with E-state index < -0.39 is 0 Å². The Kier molecular flexibility index (Phi) is 3.70. The summed E-state index contributed by atoms with van der Waals surface area (Å²) in [7, 11) is 0. The van der Waals surface area contributed by atoms with Crippen LogP contribution in [0.15, 0.2) is 69.9 Å². The zero-order valence-electron chi connectivity index (χ0n) is 11.0. The molecule has 0 spiro atoms. The lowest BCUT2D eigenvalue weighted by Crippen LogP contribution is -2.15. The van der Waals surface area contributed by atoms with Crippen LogP contribution in [-0.4, -0.2) is 21.0 Å². The number of rotatable bonds is 3. The third-order valence-corrected chi connectivity index (χ3v) is 3.85. The van der Waals surface area contributed by atoms with Gasteiger partial charge in [0, 0.05) is 4.90 Å². The van der Waals surface area contributed by atoms with E-state index in [1.54, 1.807) is 6.20 Å². The van der Waals surface area contributed by atoms with Crippen LogP contribution in [0.5, 0.6) is 0 Å². The van der Waals surface area contributed by atoms with Gasteiger partial charge in [0.25, 0.3) is 0 Å². The number of aromatic nitrogens is 2. The third-order valence-electron chi connectivity index (χ3n) is 2.94. The Labute approximate surface area is 125 Å². The number of amidine groups is 1.